The summed E-state index contributed by atoms with van der Waals surface area (Å²) in [5.74, 6) is 1.52. The van der Waals surface area contributed by atoms with Crippen LogP contribution < -0.4 is 10.5 Å². The van der Waals surface area contributed by atoms with Crippen LogP contribution in [0, 0.1) is 0 Å². The largest absolute Gasteiger partial charge is 0.497 e. The summed E-state index contributed by atoms with van der Waals surface area (Å²) < 4.78 is 6.91. The van der Waals surface area contributed by atoms with Gasteiger partial charge in [-0.15, -0.1) is 0 Å². The zero-order valence-electron chi connectivity index (χ0n) is 9.42. The van der Waals surface area contributed by atoms with E-state index in [-0.39, 0.29) is 6.04 Å². The number of methoxy groups -OCH3 is 1. The van der Waals surface area contributed by atoms with Crippen molar-refractivity contribution in [3.8, 4) is 5.75 Å². The van der Waals surface area contributed by atoms with Crippen LogP contribution in [0.25, 0.3) is 0 Å². The quantitative estimate of drug-likeness (QED) is 0.856. The fraction of sp³-hybridized carbons (Fsp3) is 0.250. The number of aromatic nitrogens is 2. The summed E-state index contributed by atoms with van der Waals surface area (Å²) in [5.41, 5.74) is 6.96. The lowest BCUT2D eigenvalue weighted by Crippen LogP contribution is -2.11. The van der Waals surface area contributed by atoms with E-state index in [0.29, 0.717) is 5.82 Å². The molecular weight excluding hydrogens is 202 g/mol. The molecule has 2 aromatic rings. The van der Waals surface area contributed by atoms with E-state index in [0.717, 1.165) is 11.3 Å². The lowest BCUT2D eigenvalue weighted by Gasteiger charge is -2.14. The van der Waals surface area contributed by atoms with Gasteiger partial charge in [-0.05, 0) is 30.7 Å². The maximum absolute atomic E-state index is 5.81. The van der Waals surface area contributed by atoms with Gasteiger partial charge in [0.25, 0.3) is 0 Å². The van der Waals surface area contributed by atoms with Crippen molar-refractivity contribution < 1.29 is 4.74 Å². The first-order valence-corrected chi connectivity index (χ1v) is 5.15. The molecule has 4 heteroatoms. The van der Waals surface area contributed by atoms with Crippen LogP contribution in [0.15, 0.2) is 36.5 Å². The Morgan fingerprint density at radius 3 is 2.44 bits per heavy atom. The van der Waals surface area contributed by atoms with Crippen LogP contribution >= 0.6 is 0 Å². The van der Waals surface area contributed by atoms with Crippen molar-refractivity contribution in [3.63, 3.8) is 0 Å². The molecule has 0 bridgehead atoms. The van der Waals surface area contributed by atoms with Gasteiger partial charge < -0.3 is 10.5 Å². The topological polar surface area (TPSA) is 53.1 Å². The number of nitrogens with zero attached hydrogens (tertiary/aromatic N) is 2. The van der Waals surface area contributed by atoms with Gasteiger partial charge in [0.15, 0.2) is 0 Å². The molecule has 0 aliphatic heterocycles. The summed E-state index contributed by atoms with van der Waals surface area (Å²) in [7, 11) is 1.66. The Morgan fingerprint density at radius 2 is 1.94 bits per heavy atom. The number of nitrogen functional groups attached to an aromatic ring is 1. The molecule has 1 atom stereocenters. The van der Waals surface area contributed by atoms with E-state index in [1.165, 1.54) is 0 Å². The van der Waals surface area contributed by atoms with Gasteiger partial charge in [0.05, 0.1) is 19.3 Å². The minimum absolute atomic E-state index is 0.126. The minimum Gasteiger partial charge on any atom is -0.497 e. The van der Waals surface area contributed by atoms with Crippen LogP contribution in [0.2, 0.25) is 0 Å². The highest BCUT2D eigenvalue weighted by atomic mass is 16.5. The number of hydrogen-bond acceptors (Lipinski definition) is 3. The Morgan fingerprint density at radius 1 is 1.25 bits per heavy atom. The standard InChI is InChI=1S/C12H15N3O/c1-9(15-12(13)7-8-14-15)10-3-5-11(16-2)6-4-10/h3-9H,13H2,1-2H3. The second kappa shape index (κ2) is 4.26. The highest BCUT2D eigenvalue weighted by Crippen LogP contribution is 2.22. The molecule has 0 amide bonds. The summed E-state index contributed by atoms with van der Waals surface area (Å²) >= 11 is 0. The Hall–Kier alpha value is -1.97. The number of hydrogen-bond donors (Lipinski definition) is 1. The van der Waals surface area contributed by atoms with Crippen LogP contribution in [0.3, 0.4) is 0 Å². The average molecular weight is 217 g/mol. The van der Waals surface area contributed by atoms with Crippen molar-refractivity contribution in [1.82, 2.24) is 9.78 Å². The van der Waals surface area contributed by atoms with Crippen LogP contribution in [0.4, 0.5) is 5.82 Å². The molecule has 0 saturated carbocycles. The van der Waals surface area contributed by atoms with E-state index in [4.69, 9.17) is 10.5 Å². The van der Waals surface area contributed by atoms with Gasteiger partial charge in [0.2, 0.25) is 0 Å². The Bertz CT molecular complexity index is 461. The third-order valence-corrected chi connectivity index (χ3v) is 2.67. The first-order valence-electron chi connectivity index (χ1n) is 5.15. The molecule has 4 nitrogen and oxygen atoms in total. The molecular formula is C12H15N3O. The molecule has 1 aromatic carbocycles. The van der Waals surface area contributed by atoms with Gasteiger partial charge >= 0.3 is 0 Å². The first kappa shape index (κ1) is 10.5. The number of nitrogens with two attached hydrogens (primary N) is 1. The molecule has 2 rings (SSSR count). The molecule has 0 aliphatic rings. The van der Waals surface area contributed by atoms with Crippen molar-refractivity contribution >= 4 is 5.82 Å². The van der Waals surface area contributed by atoms with Crippen molar-refractivity contribution in [1.29, 1.82) is 0 Å². The molecule has 2 N–H and O–H groups in total. The summed E-state index contributed by atoms with van der Waals surface area (Å²) in [6.07, 6.45) is 1.70. The zero-order valence-corrected chi connectivity index (χ0v) is 9.42. The third-order valence-electron chi connectivity index (χ3n) is 2.67. The third kappa shape index (κ3) is 1.86. The lowest BCUT2D eigenvalue weighted by atomic mass is 10.1. The smallest absolute Gasteiger partial charge is 0.122 e. The highest BCUT2D eigenvalue weighted by Gasteiger charge is 2.10. The maximum Gasteiger partial charge on any atom is 0.122 e. The number of rotatable bonds is 3. The van der Waals surface area contributed by atoms with Gasteiger partial charge in [-0.1, -0.05) is 12.1 Å². The molecule has 0 fully saturated rings. The summed E-state index contributed by atoms with van der Waals surface area (Å²) in [4.78, 5) is 0. The lowest BCUT2D eigenvalue weighted by molar-refractivity contribution is 0.414. The summed E-state index contributed by atoms with van der Waals surface area (Å²) in [5, 5.41) is 4.20. The highest BCUT2D eigenvalue weighted by molar-refractivity contribution is 5.33. The fourth-order valence-corrected chi connectivity index (χ4v) is 1.67. The first-order chi connectivity index (χ1) is 7.72. The minimum atomic E-state index is 0.126. The second-order valence-electron chi connectivity index (χ2n) is 3.65. The Kier molecular flexibility index (Phi) is 2.81. The van der Waals surface area contributed by atoms with Crippen LogP contribution in [0.5, 0.6) is 5.75 Å². The number of ether oxygens (including phenoxy) is 1. The number of benzene rings is 1. The van der Waals surface area contributed by atoms with Crippen LogP contribution in [-0.4, -0.2) is 16.9 Å². The van der Waals surface area contributed by atoms with Crippen molar-refractivity contribution in [3.05, 3.63) is 42.1 Å². The number of anilines is 1. The molecule has 1 unspecified atom stereocenters. The van der Waals surface area contributed by atoms with E-state index < -0.39 is 0 Å². The van der Waals surface area contributed by atoms with Gasteiger partial charge in [-0.2, -0.15) is 5.10 Å². The molecule has 1 aromatic heterocycles. The molecule has 0 saturated heterocycles. The molecule has 0 spiro atoms. The van der Waals surface area contributed by atoms with Gasteiger partial charge in [-0.3, -0.25) is 0 Å². The van der Waals surface area contributed by atoms with E-state index in [2.05, 4.69) is 12.0 Å². The molecule has 84 valence electrons. The fourth-order valence-electron chi connectivity index (χ4n) is 1.67. The Balaban J connectivity index is 2.27. The van der Waals surface area contributed by atoms with E-state index >= 15 is 0 Å². The van der Waals surface area contributed by atoms with Crippen molar-refractivity contribution in [2.24, 2.45) is 0 Å². The van der Waals surface area contributed by atoms with Gasteiger partial charge in [-0.25, -0.2) is 4.68 Å². The monoisotopic (exact) mass is 217 g/mol. The van der Waals surface area contributed by atoms with Crippen LogP contribution in [0.1, 0.15) is 18.5 Å². The molecule has 0 aliphatic carbocycles. The second-order valence-corrected chi connectivity index (χ2v) is 3.65. The maximum atomic E-state index is 5.81. The normalized spacial score (nSPS) is 12.4. The molecule has 16 heavy (non-hydrogen) atoms. The van der Waals surface area contributed by atoms with Crippen molar-refractivity contribution in [2.45, 2.75) is 13.0 Å². The summed E-state index contributed by atoms with van der Waals surface area (Å²) in [6, 6.07) is 9.83. The predicted octanol–water partition coefficient (Wildman–Crippen LogP) is 2.08. The molecule has 1 heterocycles. The van der Waals surface area contributed by atoms with Crippen LogP contribution in [-0.2, 0) is 0 Å². The van der Waals surface area contributed by atoms with Gasteiger partial charge in [0.1, 0.15) is 11.6 Å². The SMILES string of the molecule is COc1ccc(C(C)n2nccc2N)cc1. The van der Waals surface area contributed by atoms with Gasteiger partial charge in [0, 0.05) is 0 Å². The van der Waals surface area contributed by atoms with E-state index in [9.17, 15) is 0 Å². The predicted molar refractivity (Wildman–Crippen MR) is 63.4 cm³/mol. The van der Waals surface area contributed by atoms with E-state index in [1.807, 2.05) is 24.3 Å². The van der Waals surface area contributed by atoms with E-state index in [1.54, 1.807) is 24.1 Å². The summed E-state index contributed by atoms with van der Waals surface area (Å²) in [6.45, 7) is 2.06. The molecule has 0 radical (unpaired) electrons. The Labute approximate surface area is 94.6 Å². The zero-order chi connectivity index (χ0) is 11.5. The van der Waals surface area contributed by atoms with Crippen molar-refractivity contribution in [2.75, 3.05) is 12.8 Å². The average Bonchev–Trinajstić information content (AvgIpc) is 2.75.